The quantitative estimate of drug-likeness (QED) is 0.628. The smallest absolute Gasteiger partial charge is 0.260 e. The molecular weight excluding hydrogens is 266 g/mol. The summed E-state index contributed by atoms with van der Waals surface area (Å²) in [4.78, 5) is 23.8. The van der Waals surface area contributed by atoms with Crippen molar-refractivity contribution in [1.82, 2.24) is 15.0 Å². The summed E-state index contributed by atoms with van der Waals surface area (Å²) < 4.78 is 0. The molecule has 106 valence electrons. The zero-order chi connectivity index (χ0) is 15.0. The van der Waals surface area contributed by atoms with Crippen LogP contribution >= 0.6 is 0 Å². The van der Waals surface area contributed by atoms with Gasteiger partial charge in [0.15, 0.2) is 0 Å². The Morgan fingerprint density at radius 1 is 1.19 bits per heavy atom. The number of rotatable bonds is 2. The van der Waals surface area contributed by atoms with E-state index in [9.17, 15) is 4.79 Å². The number of nitrogens with two attached hydrogens (primary N) is 1. The van der Waals surface area contributed by atoms with Gasteiger partial charge in [0.1, 0.15) is 0 Å². The van der Waals surface area contributed by atoms with Crippen molar-refractivity contribution in [3.8, 4) is 0 Å². The van der Waals surface area contributed by atoms with Gasteiger partial charge in [-0.1, -0.05) is 0 Å². The molecule has 0 aliphatic heterocycles. The molecular formula is C15H15N5O. The van der Waals surface area contributed by atoms with E-state index in [4.69, 9.17) is 5.73 Å². The van der Waals surface area contributed by atoms with E-state index in [0.717, 1.165) is 22.3 Å². The fourth-order valence-corrected chi connectivity index (χ4v) is 2.28. The molecule has 0 atom stereocenters. The van der Waals surface area contributed by atoms with Crippen LogP contribution in [0, 0.1) is 13.8 Å². The molecule has 21 heavy (non-hydrogen) atoms. The Hall–Kier alpha value is -2.89. The van der Waals surface area contributed by atoms with Gasteiger partial charge in [-0.2, -0.15) is 0 Å². The molecule has 4 N–H and O–H groups in total. The van der Waals surface area contributed by atoms with Crippen LogP contribution in [0.4, 0.5) is 11.6 Å². The van der Waals surface area contributed by atoms with E-state index in [-0.39, 0.29) is 5.91 Å². The number of nitrogen functional groups attached to an aromatic ring is 1. The maximum Gasteiger partial charge on any atom is 0.260 e. The Morgan fingerprint density at radius 3 is 2.62 bits per heavy atom. The fourth-order valence-electron chi connectivity index (χ4n) is 2.28. The second kappa shape index (κ2) is 4.90. The number of aromatic amines is 1. The lowest BCUT2D eigenvalue weighted by atomic mass is 10.1. The molecule has 0 radical (unpaired) electrons. The zero-order valence-corrected chi connectivity index (χ0v) is 11.8. The molecule has 6 heteroatoms. The molecule has 2 aromatic heterocycles. The summed E-state index contributed by atoms with van der Waals surface area (Å²) in [6, 6.07) is 7.22. The summed E-state index contributed by atoms with van der Waals surface area (Å²) in [5, 5.41) is 3.53. The number of benzene rings is 1. The molecule has 6 nitrogen and oxygen atoms in total. The van der Waals surface area contributed by atoms with Crippen molar-refractivity contribution in [2.24, 2.45) is 0 Å². The number of aryl methyl sites for hydroxylation is 2. The molecule has 1 amide bonds. The van der Waals surface area contributed by atoms with Gasteiger partial charge >= 0.3 is 0 Å². The topological polar surface area (TPSA) is 96.7 Å². The average Bonchev–Trinajstić information content (AvgIpc) is 2.80. The van der Waals surface area contributed by atoms with Crippen LogP contribution in [0.25, 0.3) is 10.9 Å². The minimum Gasteiger partial charge on any atom is -0.399 e. The lowest BCUT2D eigenvalue weighted by Crippen LogP contribution is -2.14. The highest BCUT2D eigenvalue weighted by Gasteiger charge is 2.13. The van der Waals surface area contributed by atoms with E-state index >= 15 is 0 Å². The number of aromatic nitrogens is 3. The average molecular weight is 281 g/mol. The van der Waals surface area contributed by atoms with Crippen molar-refractivity contribution in [2.45, 2.75) is 13.8 Å². The van der Waals surface area contributed by atoms with Gasteiger partial charge in [0, 0.05) is 34.2 Å². The van der Waals surface area contributed by atoms with Crippen molar-refractivity contribution in [1.29, 1.82) is 0 Å². The van der Waals surface area contributed by atoms with Gasteiger partial charge in [-0.15, -0.1) is 0 Å². The first-order valence-corrected chi connectivity index (χ1v) is 6.53. The van der Waals surface area contributed by atoms with E-state index in [0.29, 0.717) is 17.2 Å². The molecule has 0 saturated heterocycles. The number of nitrogens with zero attached hydrogens (tertiary/aromatic N) is 2. The van der Waals surface area contributed by atoms with Crippen molar-refractivity contribution >= 4 is 28.4 Å². The monoisotopic (exact) mass is 281 g/mol. The second-order valence-electron chi connectivity index (χ2n) is 4.94. The number of carbonyl (C=O) groups excluding carboxylic acids is 1. The number of fused-ring (bicyclic) bond motifs is 1. The van der Waals surface area contributed by atoms with Crippen molar-refractivity contribution in [2.75, 3.05) is 11.1 Å². The predicted octanol–water partition coefficient (Wildman–Crippen LogP) is 2.41. The summed E-state index contributed by atoms with van der Waals surface area (Å²) in [5.74, 6) is 0.0540. The molecule has 1 aromatic carbocycles. The number of H-pyrrole nitrogens is 1. The highest BCUT2D eigenvalue weighted by atomic mass is 16.1. The van der Waals surface area contributed by atoms with E-state index in [1.54, 1.807) is 18.3 Å². The first kappa shape index (κ1) is 13.1. The van der Waals surface area contributed by atoms with Crippen LogP contribution in [-0.2, 0) is 0 Å². The molecule has 2 heterocycles. The van der Waals surface area contributed by atoms with E-state index in [1.807, 2.05) is 26.0 Å². The summed E-state index contributed by atoms with van der Waals surface area (Å²) >= 11 is 0. The van der Waals surface area contributed by atoms with Crippen molar-refractivity contribution in [3.05, 3.63) is 47.4 Å². The van der Waals surface area contributed by atoms with Crippen LogP contribution in [0.2, 0.25) is 0 Å². The minimum atomic E-state index is -0.254. The molecule has 0 aliphatic rings. The summed E-state index contributed by atoms with van der Waals surface area (Å²) in [6.07, 6.45) is 1.65. The highest BCUT2D eigenvalue weighted by molar-refractivity contribution is 6.12. The predicted molar refractivity (Wildman–Crippen MR) is 82.2 cm³/mol. The highest BCUT2D eigenvalue weighted by Crippen LogP contribution is 2.21. The second-order valence-corrected chi connectivity index (χ2v) is 4.94. The number of nitrogens with one attached hydrogen (secondary N) is 2. The molecule has 0 spiro atoms. The molecule has 0 bridgehead atoms. The lowest BCUT2D eigenvalue weighted by molar-refractivity contribution is 0.102. The van der Waals surface area contributed by atoms with Gasteiger partial charge in [0.05, 0.1) is 5.56 Å². The number of carbonyl (C=O) groups is 1. The van der Waals surface area contributed by atoms with E-state index in [1.165, 1.54) is 0 Å². The maximum absolute atomic E-state index is 12.4. The summed E-state index contributed by atoms with van der Waals surface area (Å²) in [6.45, 7) is 3.72. The summed E-state index contributed by atoms with van der Waals surface area (Å²) in [5.41, 5.74) is 9.35. The Balaban J connectivity index is 1.93. The normalized spacial score (nSPS) is 10.8. The SMILES string of the molecule is Cc1cc(C)nc(NC(=O)c2c[nH]c3cc(N)ccc23)n1. The van der Waals surface area contributed by atoms with Gasteiger partial charge < -0.3 is 10.7 Å². The van der Waals surface area contributed by atoms with E-state index in [2.05, 4.69) is 20.3 Å². The third-order valence-corrected chi connectivity index (χ3v) is 3.16. The molecule has 3 aromatic rings. The largest absolute Gasteiger partial charge is 0.399 e. The molecule has 0 unspecified atom stereocenters. The van der Waals surface area contributed by atoms with Crippen LogP contribution in [-0.4, -0.2) is 20.9 Å². The Morgan fingerprint density at radius 2 is 1.90 bits per heavy atom. The number of amides is 1. The minimum absolute atomic E-state index is 0.254. The summed E-state index contributed by atoms with van der Waals surface area (Å²) in [7, 11) is 0. The van der Waals surface area contributed by atoms with Crippen LogP contribution in [0.1, 0.15) is 21.7 Å². The van der Waals surface area contributed by atoms with Crippen molar-refractivity contribution < 1.29 is 4.79 Å². The van der Waals surface area contributed by atoms with Gasteiger partial charge in [0.2, 0.25) is 5.95 Å². The molecule has 0 fully saturated rings. The molecule has 3 rings (SSSR count). The molecule has 0 saturated carbocycles. The third-order valence-electron chi connectivity index (χ3n) is 3.16. The van der Waals surface area contributed by atoms with Gasteiger partial charge in [-0.05, 0) is 38.1 Å². The number of hydrogen-bond acceptors (Lipinski definition) is 4. The van der Waals surface area contributed by atoms with E-state index < -0.39 is 0 Å². The third kappa shape index (κ3) is 2.55. The molecule has 0 aliphatic carbocycles. The van der Waals surface area contributed by atoms with Crippen LogP contribution < -0.4 is 11.1 Å². The fraction of sp³-hybridized carbons (Fsp3) is 0.133. The Labute approximate surface area is 121 Å². The Bertz CT molecular complexity index is 817. The van der Waals surface area contributed by atoms with Gasteiger partial charge in [-0.25, -0.2) is 9.97 Å². The zero-order valence-electron chi connectivity index (χ0n) is 11.8. The lowest BCUT2D eigenvalue weighted by Gasteiger charge is -2.05. The van der Waals surface area contributed by atoms with Crippen molar-refractivity contribution in [3.63, 3.8) is 0 Å². The number of hydrogen-bond donors (Lipinski definition) is 3. The first-order valence-electron chi connectivity index (χ1n) is 6.53. The number of anilines is 2. The Kier molecular flexibility index (Phi) is 3.06. The van der Waals surface area contributed by atoms with Crippen LogP contribution in [0.15, 0.2) is 30.5 Å². The maximum atomic E-state index is 12.4. The van der Waals surface area contributed by atoms with Gasteiger partial charge in [0.25, 0.3) is 5.91 Å². The van der Waals surface area contributed by atoms with Gasteiger partial charge in [-0.3, -0.25) is 10.1 Å². The van der Waals surface area contributed by atoms with Crippen LogP contribution in [0.3, 0.4) is 0 Å². The first-order chi connectivity index (χ1) is 10.0. The van der Waals surface area contributed by atoms with Crippen LogP contribution in [0.5, 0.6) is 0 Å². The standard InChI is InChI=1S/C15H15N5O/c1-8-5-9(2)19-15(18-8)20-14(21)12-7-17-13-6-10(16)3-4-11(12)13/h3-7,17H,16H2,1-2H3,(H,18,19,20,21).